The van der Waals surface area contributed by atoms with Crippen LogP contribution in [-0.4, -0.2) is 16.3 Å². The Bertz CT molecular complexity index is 502. The van der Waals surface area contributed by atoms with Gasteiger partial charge in [0.2, 0.25) is 0 Å². The van der Waals surface area contributed by atoms with E-state index in [1.54, 1.807) is 0 Å². The molecule has 4 heteroatoms. The van der Waals surface area contributed by atoms with Crippen molar-refractivity contribution in [2.75, 3.05) is 6.54 Å². The van der Waals surface area contributed by atoms with Gasteiger partial charge in [-0.3, -0.25) is 4.68 Å². The molecule has 0 spiro atoms. The Morgan fingerprint density at radius 1 is 1.35 bits per heavy atom. The predicted octanol–water partition coefficient (Wildman–Crippen LogP) is 2.47. The molecule has 1 atom stereocenters. The molecule has 0 amide bonds. The highest BCUT2D eigenvalue weighted by atomic mass is 35.5. The van der Waals surface area contributed by atoms with E-state index in [9.17, 15) is 0 Å². The number of hydrogen-bond acceptors (Lipinski definition) is 2. The molecular formula is C13H16ClN3. The summed E-state index contributed by atoms with van der Waals surface area (Å²) in [5, 5.41) is 5.10. The van der Waals surface area contributed by atoms with Crippen LogP contribution in [0.3, 0.4) is 0 Å². The zero-order valence-corrected chi connectivity index (χ0v) is 10.8. The molecule has 1 unspecified atom stereocenters. The van der Waals surface area contributed by atoms with Gasteiger partial charge in [-0.15, -0.1) is 0 Å². The van der Waals surface area contributed by atoms with E-state index < -0.39 is 0 Å². The van der Waals surface area contributed by atoms with Crippen LogP contribution in [0.4, 0.5) is 0 Å². The topological polar surface area (TPSA) is 43.8 Å². The molecule has 0 saturated carbocycles. The van der Waals surface area contributed by atoms with Gasteiger partial charge in [0.25, 0.3) is 0 Å². The lowest BCUT2D eigenvalue weighted by Crippen LogP contribution is -2.16. The molecule has 0 bridgehead atoms. The van der Waals surface area contributed by atoms with E-state index in [2.05, 4.69) is 11.2 Å². The second-order valence-corrected chi connectivity index (χ2v) is 4.61. The van der Waals surface area contributed by atoms with Gasteiger partial charge in [-0.05, 0) is 30.7 Å². The minimum atomic E-state index is 0.165. The fraction of sp³-hybridized carbons (Fsp3) is 0.308. The molecule has 2 N–H and O–H groups in total. The summed E-state index contributed by atoms with van der Waals surface area (Å²) >= 11 is 5.89. The summed E-state index contributed by atoms with van der Waals surface area (Å²) in [7, 11) is 1.95. The quantitative estimate of drug-likeness (QED) is 0.908. The van der Waals surface area contributed by atoms with Gasteiger partial charge < -0.3 is 5.73 Å². The maximum absolute atomic E-state index is 5.89. The fourth-order valence-electron chi connectivity index (χ4n) is 2.08. The fourth-order valence-corrected chi connectivity index (χ4v) is 2.21. The maximum Gasteiger partial charge on any atom is 0.0596 e. The monoisotopic (exact) mass is 249 g/mol. The summed E-state index contributed by atoms with van der Waals surface area (Å²) in [5.41, 5.74) is 9.19. The summed E-state index contributed by atoms with van der Waals surface area (Å²) in [6, 6.07) is 9.89. The van der Waals surface area contributed by atoms with E-state index in [0.717, 1.165) is 16.4 Å². The highest BCUT2D eigenvalue weighted by Crippen LogP contribution is 2.25. The van der Waals surface area contributed by atoms with Crippen LogP contribution in [0.25, 0.3) is 0 Å². The Kier molecular flexibility index (Phi) is 3.50. The zero-order chi connectivity index (χ0) is 12.4. The maximum atomic E-state index is 5.89. The minimum absolute atomic E-state index is 0.165. The molecule has 0 aliphatic rings. The Labute approximate surface area is 106 Å². The number of nitrogens with two attached hydrogens (primary N) is 1. The summed E-state index contributed by atoms with van der Waals surface area (Å²) in [5.74, 6) is 0.165. The standard InChI is InChI=1S/C13H16ClN3/c1-9-7-13(17(2)16-9)12(8-15)10-3-5-11(14)6-4-10/h3-7,12H,8,15H2,1-2H3. The number of nitrogens with zero attached hydrogens (tertiary/aromatic N) is 2. The molecular weight excluding hydrogens is 234 g/mol. The number of hydrogen-bond donors (Lipinski definition) is 1. The second-order valence-electron chi connectivity index (χ2n) is 4.17. The van der Waals surface area contributed by atoms with Crippen LogP contribution in [-0.2, 0) is 7.05 Å². The summed E-state index contributed by atoms with van der Waals surface area (Å²) < 4.78 is 1.89. The van der Waals surface area contributed by atoms with Crippen molar-refractivity contribution >= 4 is 11.6 Å². The molecule has 0 aliphatic heterocycles. The Hall–Kier alpha value is -1.32. The SMILES string of the molecule is Cc1cc(C(CN)c2ccc(Cl)cc2)n(C)n1. The lowest BCUT2D eigenvalue weighted by atomic mass is 9.95. The van der Waals surface area contributed by atoms with E-state index in [1.165, 1.54) is 5.56 Å². The van der Waals surface area contributed by atoms with Gasteiger partial charge in [-0.2, -0.15) is 5.10 Å². The van der Waals surface area contributed by atoms with E-state index in [0.29, 0.717) is 6.54 Å². The molecule has 0 saturated heterocycles. The van der Waals surface area contributed by atoms with Crippen LogP contribution < -0.4 is 5.73 Å². The van der Waals surface area contributed by atoms with Crippen LogP contribution in [0.15, 0.2) is 30.3 Å². The van der Waals surface area contributed by atoms with Crippen molar-refractivity contribution in [3.05, 3.63) is 52.3 Å². The third-order valence-corrected chi connectivity index (χ3v) is 3.16. The van der Waals surface area contributed by atoms with Crippen molar-refractivity contribution in [1.82, 2.24) is 9.78 Å². The highest BCUT2D eigenvalue weighted by Gasteiger charge is 2.16. The van der Waals surface area contributed by atoms with E-state index in [1.807, 2.05) is 42.9 Å². The first-order valence-electron chi connectivity index (χ1n) is 5.58. The van der Waals surface area contributed by atoms with Crippen LogP contribution in [0, 0.1) is 6.92 Å². The largest absolute Gasteiger partial charge is 0.329 e. The lowest BCUT2D eigenvalue weighted by molar-refractivity contribution is 0.660. The normalized spacial score (nSPS) is 12.7. The van der Waals surface area contributed by atoms with E-state index >= 15 is 0 Å². The molecule has 0 aliphatic carbocycles. The molecule has 17 heavy (non-hydrogen) atoms. The number of aromatic nitrogens is 2. The highest BCUT2D eigenvalue weighted by molar-refractivity contribution is 6.30. The third-order valence-electron chi connectivity index (χ3n) is 2.90. The van der Waals surface area contributed by atoms with E-state index in [-0.39, 0.29) is 5.92 Å². The smallest absolute Gasteiger partial charge is 0.0596 e. The van der Waals surface area contributed by atoms with Gasteiger partial charge in [-0.25, -0.2) is 0 Å². The first-order valence-corrected chi connectivity index (χ1v) is 5.95. The molecule has 1 heterocycles. The molecule has 3 nitrogen and oxygen atoms in total. The molecule has 0 fully saturated rings. The van der Waals surface area contributed by atoms with Gasteiger partial charge in [0.15, 0.2) is 0 Å². The van der Waals surface area contributed by atoms with Crippen molar-refractivity contribution in [2.24, 2.45) is 12.8 Å². The van der Waals surface area contributed by atoms with Gasteiger partial charge in [0.05, 0.1) is 5.69 Å². The first-order chi connectivity index (χ1) is 8.11. The Balaban J connectivity index is 2.39. The number of halogens is 1. The Morgan fingerprint density at radius 3 is 2.47 bits per heavy atom. The average Bonchev–Trinajstić information content (AvgIpc) is 2.62. The molecule has 2 rings (SSSR count). The molecule has 0 radical (unpaired) electrons. The Morgan fingerprint density at radius 2 is 2.00 bits per heavy atom. The number of rotatable bonds is 3. The summed E-state index contributed by atoms with van der Waals surface area (Å²) in [6.07, 6.45) is 0. The van der Waals surface area contributed by atoms with E-state index in [4.69, 9.17) is 17.3 Å². The van der Waals surface area contributed by atoms with Crippen molar-refractivity contribution in [1.29, 1.82) is 0 Å². The van der Waals surface area contributed by atoms with Crippen LogP contribution >= 0.6 is 11.6 Å². The van der Waals surface area contributed by atoms with Crippen LogP contribution in [0.1, 0.15) is 22.9 Å². The van der Waals surface area contributed by atoms with Crippen molar-refractivity contribution in [2.45, 2.75) is 12.8 Å². The molecule has 1 aromatic carbocycles. The van der Waals surface area contributed by atoms with Gasteiger partial charge >= 0.3 is 0 Å². The molecule has 90 valence electrons. The molecule has 1 aromatic heterocycles. The molecule has 2 aromatic rings. The second kappa shape index (κ2) is 4.90. The predicted molar refractivity (Wildman–Crippen MR) is 70.3 cm³/mol. The van der Waals surface area contributed by atoms with Gasteiger partial charge in [0.1, 0.15) is 0 Å². The van der Waals surface area contributed by atoms with Crippen molar-refractivity contribution in [3.8, 4) is 0 Å². The van der Waals surface area contributed by atoms with Crippen LogP contribution in [0.2, 0.25) is 5.02 Å². The minimum Gasteiger partial charge on any atom is -0.329 e. The first kappa shape index (κ1) is 12.1. The summed E-state index contributed by atoms with van der Waals surface area (Å²) in [4.78, 5) is 0. The lowest BCUT2D eigenvalue weighted by Gasteiger charge is -2.15. The summed E-state index contributed by atoms with van der Waals surface area (Å²) in [6.45, 7) is 2.54. The average molecular weight is 250 g/mol. The third kappa shape index (κ3) is 2.51. The van der Waals surface area contributed by atoms with Gasteiger partial charge in [-0.1, -0.05) is 23.7 Å². The van der Waals surface area contributed by atoms with Crippen molar-refractivity contribution < 1.29 is 0 Å². The van der Waals surface area contributed by atoms with Crippen LogP contribution in [0.5, 0.6) is 0 Å². The number of benzene rings is 1. The zero-order valence-electron chi connectivity index (χ0n) is 10.0. The van der Waals surface area contributed by atoms with Gasteiger partial charge in [0, 0.05) is 30.2 Å². The van der Waals surface area contributed by atoms with Crippen molar-refractivity contribution in [3.63, 3.8) is 0 Å². The number of aryl methyl sites for hydroxylation is 2.